The van der Waals surface area contributed by atoms with Gasteiger partial charge >= 0.3 is 0 Å². The fraction of sp³-hybridized carbons (Fsp3) is 0.370. The van der Waals surface area contributed by atoms with Crippen molar-refractivity contribution in [3.05, 3.63) is 60.2 Å². The van der Waals surface area contributed by atoms with Crippen LogP contribution >= 0.6 is 0 Å². The van der Waals surface area contributed by atoms with Crippen LogP contribution in [-0.4, -0.2) is 34.6 Å². The SMILES string of the molecule is CC(C)COc1ccccc1-c1cncc(Nc2nc(NC3CCCCC3N)c(F)cc2C(N)=O)c1. The number of aromatic nitrogens is 2. The molecule has 0 spiro atoms. The summed E-state index contributed by atoms with van der Waals surface area (Å²) in [7, 11) is 0. The fourth-order valence-corrected chi connectivity index (χ4v) is 4.27. The van der Waals surface area contributed by atoms with E-state index in [9.17, 15) is 9.18 Å². The summed E-state index contributed by atoms with van der Waals surface area (Å²) in [5.41, 5.74) is 13.9. The smallest absolute Gasteiger partial charge is 0.252 e. The minimum Gasteiger partial charge on any atom is -0.493 e. The van der Waals surface area contributed by atoms with Crippen molar-refractivity contribution in [2.75, 3.05) is 17.2 Å². The Morgan fingerprint density at radius 3 is 2.69 bits per heavy atom. The lowest BCUT2D eigenvalue weighted by atomic mass is 9.91. The lowest BCUT2D eigenvalue weighted by molar-refractivity contribution is 0.100. The third-order valence-electron chi connectivity index (χ3n) is 6.15. The number of nitrogens with two attached hydrogens (primary N) is 2. The van der Waals surface area contributed by atoms with Crippen LogP contribution in [0, 0.1) is 11.7 Å². The zero-order valence-corrected chi connectivity index (χ0v) is 20.6. The Balaban J connectivity index is 1.63. The van der Waals surface area contributed by atoms with E-state index < -0.39 is 11.7 Å². The number of hydrogen-bond acceptors (Lipinski definition) is 7. The number of para-hydroxylation sites is 1. The van der Waals surface area contributed by atoms with E-state index in [0.29, 0.717) is 18.2 Å². The van der Waals surface area contributed by atoms with Gasteiger partial charge in [0.1, 0.15) is 11.6 Å². The monoisotopic (exact) mass is 492 g/mol. The second-order valence-corrected chi connectivity index (χ2v) is 9.57. The number of benzene rings is 1. The topological polar surface area (TPSA) is 128 Å². The molecule has 2 atom stereocenters. The number of nitrogens with zero attached hydrogens (tertiary/aromatic N) is 2. The van der Waals surface area contributed by atoms with Gasteiger partial charge in [-0.15, -0.1) is 0 Å². The average Bonchev–Trinajstić information content (AvgIpc) is 2.86. The van der Waals surface area contributed by atoms with Gasteiger partial charge in [-0.3, -0.25) is 9.78 Å². The zero-order valence-electron chi connectivity index (χ0n) is 20.6. The van der Waals surface area contributed by atoms with Crippen molar-refractivity contribution < 1.29 is 13.9 Å². The van der Waals surface area contributed by atoms with Crippen LogP contribution < -0.4 is 26.8 Å². The molecule has 1 aromatic carbocycles. The molecule has 0 aliphatic heterocycles. The first-order chi connectivity index (χ1) is 17.3. The van der Waals surface area contributed by atoms with Crippen LogP contribution in [0.2, 0.25) is 0 Å². The summed E-state index contributed by atoms with van der Waals surface area (Å²) in [5, 5.41) is 6.22. The third-order valence-corrected chi connectivity index (χ3v) is 6.15. The maximum Gasteiger partial charge on any atom is 0.252 e. The summed E-state index contributed by atoms with van der Waals surface area (Å²) in [5.74, 6) is -0.151. The average molecular weight is 493 g/mol. The second kappa shape index (κ2) is 11.3. The molecular weight excluding hydrogens is 459 g/mol. The highest BCUT2D eigenvalue weighted by Crippen LogP contribution is 2.32. The maximum atomic E-state index is 14.8. The first kappa shape index (κ1) is 25.4. The predicted molar refractivity (Wildman–Crippen MR) is 140 cm³/mol. The van der Waals surface area contributed by atoms with E-state index in [2.05, 4.69) is 34.4 Å². The quantitative estimate of drug-likeness (QED) is 0.336. The van der Waals surface area contributed by atoms with Crippen LogP contribution in [0.3, 0.4) is 0 Å². The van der Waals surface area contributed by atoms with Crippen LogP contribution in [0.1, 0.15) is 49.9 Å². The first-order valence-corrected chi connectivity index (χ1v) is 12.3. The fourth-order valence-electron chi connectivity index (χ4n) is 4.27. The van der Waals surface area contributed by atoms with Crippen molar-refractivity contribution in [1.82, 2.24) is 9.97 Å². The molecule has 6 N–H and O–H groups in total. The molecule has 1 amide bonds. The predicted octanol–water partition coefficient (Wildman–Crippen LogP) is 4.84. The Bertz CT molecular complexity index is 1220. The van der Waals surface area contributed by atoms with Crippen LogP contribution in [0.25, 0.3) is 11.1 Å². The lowest BCUT2D eigenvalue weighted by Crippen LogP contribution is -2.43. The van der Waals surface area contributed by atoms with E-state index in [1.165, 1.54) is 0 Å². The highest BCUT2D eigenvalue weighted by atomic mass is 19.1. The zero-order chi connectivity index (χ0) is 25.7. The molecule has 0 bridgehead atoms. The molecule has 2 unspecified atom stereocenters. The van der Waals surface area contributed by atoms with Gasteiger partial charge < -0.3 is 26.8 Å². The van der Waals surface area contributed by atoms with E-state index in [1.807, 2.05) is 30.3 Å². The Morgan fingerprint density at radius 1 is 1.17 bits per heavy atom. The van der Waals surface area contributed by atoms with Crippen LogP contribution in [0.5, 0.6) is 5.75 Å². The second-order valence-electron chi connectivity index (χ2n) is 9.57. The Kier molecular flexibility index (Phi) is 8.00. The largest absolute Gasteiger partial charge is 0.493 e. The van der Waals surface area contributed by atoms with Gasteiger partial charge in [-0.25, -0.2) is 9.37 Å². The van der Waals surface area contributed by atoms with Gasteiger partial charge in [0.15, 0.2) is 11.6 Å². The number of anilines is 3. The van der Waals surface area contributed by atoms with Crippen molar-refractivity contribution in [2.24, 2.45) is 17.4 Å². The molecule has 2 aromatic heterocycles. The summed E-state index contributed by atoms with van der Waals surface area (Å²) < 4.78 is 20.8. The van der Waals surface area contributed by atoms with Gasteiger partial charge in [0.05, 0.1) is 24.1 Å². The van der Waals surface area contributed by atoms with Crippen molar-refractivity contribution in [2.45, 2.75) is 51.6 Å². The van der Waals surface area contributed by atoms with Crippen molar-refractivity contribution >= 4 is 23.2 Å². The van der Waals surface area contributed by atoms with Gasteiger partial charge in [-0.05, 0) is 37.0 Å². The molecule has 1 aliphatic rings. The number of pyridine rings is 2. The molecule has 0 radical (unpaired) electrons. The summed E-state index contributed by atoms with van der Waals surface area (Å²) in [6.07, 6.45) is 7.09. The number of carbonyl (C=O) groups is 1. The highest BCUT2D eigenvalue weighted by Gasteiger charge is 2.24. The maximum absolute atomic E-state index is 14.8. The highest BCUT2D eigenvalue weighted by molar-refractivity contribution is 5.98. The number of amides is 1. The summed E-state index contributed by atoms with van der Waals surface area (Å²) in [4.78, 5) is 20.8. The number of rotatable bonds is 9. The lowest BCUT2D eigenvalue weighted by Gasteiger charge is -2.30. The summed E-state index contributed by atoms with van der Waals surface area (Å²) in [6.45, 7) is 4.77. The molecule has 1 saturated carbocycles. The third kappa shape index (κ3) is 6.09. The summed E-state index contributed by atoms with van der Waals surface area (Å²) >= 11 is 0. The summed E-state index contributed by atoms with van der Waals surface area (Å²) in [6, 6.07) is 10.5. The normalized spacial score (nSPS) is 17.6. The number of carbonyl (C=O) groups excluding carboxylic acids is 1. The van der Waals surface area contributed by atoms with Crippen molar-refractivity contribution in [3.8, 4) is 16.9 Å². The molecule has 1 fully saturated rings. The molecule has 3 aromatic rings. The Labute approximate surface area is 210 Å². The molecule has 0 saturated heterocycles. The minimum atomic E-state index is -0.790. The van der Waals surface area contributed by atoms with Gasteiger partial charge in [0.25, 0.3) is 5.91 Å². The number of primary amides is 1. The molecule has 9 heteroatoms. The molecule has 36 heavy (non-hydrogen) atoms. The number of nitrogens with one attached hydrogen (secondary N) is 2. The minimum absolute atomic E-state index is 0.0291. The number of hydrogen-bond donors (Lipinski definition) is 4. The van der Waals surface area contributed by atoms with Crippen LogP contribution in [0.15, 0.2) is 48.8 Å². The molecule has 4 rings (SSSR count). The van der Waals surface area contributed by atoms with Gasteiger partial charge in [0.2, 0.25) is 0 Å². The van der Waals surface area contributed by atoms with E-state index in [0.717, 1.165) is 48.6 Å². The Morgan fingerprint density at radius 2 is 1.94 bits per heavy atom. The van der Waals surface area contributed by atoms with Crippen LogP contribution in [0.4, 0.5) is 21.7 Å². The van der Waals surface area contributed by atoms with Gasteiger partial charge in [-0.1, -0.05) is 44.9 Å². The first-order valence-electron chi connectivity index (χ1n) is 12.3. The van der Waals surface area contributed by atoms with E-state index in [-0.39, 0.29) is 29.3 Å². The molecule has 2 heterocycles. The Hall–Kier alpha value is -3.72. The van der Waals surface area contributed by atoms with E-state index in [4.69, 9.17) is 16.2 Å². The number of halogens is 1. The van der Waals surface area contributed by atoms with E-state index >= 15 is 0 Å². The standard InChI is InChI=1S/C27H33FN6O2/c1-16(2)15-36-24-10-6-3-7-19(24)17-11-18(14-31-13-17)32-26-20(25(30)35)12-21(28)27(34-26)33-23-9-5-4-8-22(23)29/h3,6-7,10-14,16,22-23H,4-5,8-9,15,29H2,1-2H3,(H2,30,35)(H2,32,33,34). The molecule has 1 aliphatic carbocycles. The van der Waals surface area contributed by atoms with Crippen molar-refractivity contribution in [1.29, 1.82) is 0 Å². The van der Waals surface area contributed by atoms with E-state index in [1.54, 1.807) is 12.4 Å². The molecular formula is C27H33FN6O2. The molecule has 8 nitrogen and oxygen atoms in total. The van der Waals surface area contributed by atoms with Gasteiger partial charge in [0, 0.05) is 29.4 Å². The van der Waals surface area contributed by atoms with Crippen molar-refractivity contribution in [3.63, 3.8) is 0 Å². The number of ether oxygens (including phenoxy) is 1. The van der Waals surface area contributed by atoms with Gasteiger partial charge in [-0.2, -0.15) is 0 Å². The molecule has 190 valence electrons. The van der Waals surface area contributed by atoms with Crippen LogP contribution in [-0.2, 0) is 0 Å².